The van der Waals surface area contributed by atoms with Crippen LogP contribution in [0.5, 0.6) is 0 Å². The van der Waals surface area contributed by atoms with Gasteiger partial charge in [-0.25, -0.2) is 0 Å². The molecule has 4 heteroatoms. The Bertz CT molecular complexity index is 495. The van der Waals surface area contributed by atoms with E-state index in [-0.39, 0.29) is 24.1 Å². The molecule has 0 aromatic rings. The third-order valence-electron chi connectivity index (χ3n) is 6.38. The Balaban J connectivity index is 0.000000174. The van der Waals surface area contributed by atoms with Gasteiger partial charge in [0.1, 0.15) is 12.2 Å². The number of carbonyl (C=O) groups is 2. The van der Waals surface area contributed by atoms with Gasteiger partial charge in [-0.1, -0.05) is 55.4 Å². The summed E-state index contributed by atoms with van der Waals surface area (Å²) < 4.78 is 9.89. The van der Waals surface area contributed by atoms with E-state index >= 15 is 0 Å². The second-order valence-electron chi connectivity index (χ2n) is 10.6. The van der Waals surface area contributed by atoms with Crippen LogP contribution in [-0.2, 0) is 19.1 Å². The first-order chi connectivity index (χ1) is 10.8. The Labute approximate surface area is 146 Å². The Morgan fingerprint density at radius 2 is 1.71 bits per heavy atom. The fourth-order valence-electron chi connectivity index (χ4n) is 4.31. The lowest BCUT2D eigenvalue weighted by molar-refractivity contribution is -0.197. The van der Waals surface area contributed by atoms with Gasteiger partial charge in [0, 0.05) is 11.8 Å². The number of ether oxygens (including phenoxy) is 2. The summed E-state index contributed by atoms with van der Waals surface area (Å²) in [6.45, 7) is 19.1. The minimum absolute atomic E-state index is 0.0988. The van der Waals surface area contributed by atoms with Crippen LogP contribution < -0.4 is 0 Å². The lowest BCUT2D eigenvalue weighted by atomic mass is 9.51. The van der Waals surface area contributed by atoms with Gasteiger partial charge in [-0.05, 0) is 29.1 Å². The second kappa shape index (κ2) is 6.03. The molecule has 1 aliphatic heterocycles. The molecule has 0 amide bonds. The van der Waals surface area contributed by atoms with Crippen LogP contribution in [0.1, 0.15) is 68.2 Å². The molecular formula is C20H34O4. The van der Waals surface area contributed by atoms with E-state index in [9.17, 15) is 9.59 Å². The van der Waals surface area contributed by atoms with Crippen molar-refractivity contribution in [3.8, 4) is 0 Å². The minimum Gasteiger partial charge on any atom is -0.460 e. The van der Waals surface area contributed by atoms with Crippen molar-refractivity contribution >= 4 is 12.4 Å². The van der Waals surface area contributed by atoms with Crippen LogP contribution in [-0.4, -0.2) is 24.6 Å². The standard InChI is InChI=1S/C12H26.C8H8O4/c1-10(2,3)9-12(7,8)11(4,5)6;9-2-11-6-3-1-4-5(3)7(6)12-8(4)10/h9H2,1-8H3;2-7H,1H2. The van der Waals surface area contributed by atoms with Crippen LogP contribution in [0.3, 0.4) is 0 Å². The summed E-state index contributed by atoms with van der Waals surface area (Å²) in [5.41, 5.74) is 1.27. The molecule has 5 atom stereocenters. The molecule has 24 heavy (non-hydrogen) atoms. The van der Waals surface area contributed by atoms with E-state index in [0.29, 0.717) is 34.6 Å². The fraction of sp³-hybridized carbons (Fsp3) is 0.900. The van der Waals surface area contributed by atoms with E-state index in [2.05, 4.69) is 55.4 Å². The lowest BCUT2D eigenvalue weighted by Gasteiger charge is -2.53. The number of esters is 1. The lowest BCUT2D eigenvalue weighted by Crippen LogP contribution is -2.62. The van der Waals surface area contributed by atoms with Crippen molar-refractivity contribution < 1.29 is 19.1 Å². The molecule has 0 spiro atoms. The zero-order valence-electron chi connectivity index (χ0n) is 16.5. The second-order valence-corrected chi connectivity index (χ2v) is 10.6. The SMILES string of the molecule is CC(C)(C)CC(C)(C)C(C)(C)C.O=COC1C2CC3C(=O)OC1C32. The van der Waals surface area contributed by atoms with Crippen molar-refractivity contribution in [2.24, 2.45) is 34.0 Å². The highest BCUT2D eigenvalue weighted by atomic mass is 16.6. The molecule has 3 aliphatic rings. The van der Waals surface area contributed by atoms with Gasteiger partial charge in [0.05, 0.1) is 5.92 Å². The van der Waals surface area contributed by atoms with E-state index in [1.807, 2.05) is 0 Å². The quantitative estimate of drug-likeness (QED) is 0.571. The molecule has 0 radical (unpaired) electrons. The first-order valence-corrected chi connectivity index (χ1v) is 9.08. The van der Waals surface area contributed by atoms with Crippen LogP contribution in [0.25, 0.3) is 0 Å². The van der Waals surface area contributed by atoms with Gasteiger partial charge < -0.3 is 9.47 Å². The topological polar surface area (TPSA) is 52.6 Å². The third kappa shape index (κ3) is 3.48. The highest BCUT2D eigenvalue weighted by Gasteiger charge is 2.71. The largest absolute Gasteiger partial charge is 0.460 e. The molecule has 2 aliphatic carbocycles. The van der Waals surface area contributed by atoms with Gasteiger partial charge >= 0.3 is 5.97 Å². The maximum atomic E-state index is 11.1. The summed E-state index contributed by atoms with van der Waals surface area (Å²) in [5.74, 6) is 0.781. The Morgan fingerprint density at radius 1 is 1.12 bits per heavy atom. The van der Waals surface area contributed by atoms with Gasteiger partial charge in [-0.3, -0.25) is 9.59 Å². The molecule has 5 unspecified atom stereocenters. The van der Waals surface area contributed by atoms with Crippen LogP contribution in [0.15, 0.2) is 0 Å². The molecule has 1 saturated heterocycles. The molecule has 2 saturated carbocycles. The highest BCUT2D eigenvalue weighted by molar-refractivity contribution is 5.78. The molecule has 0 aromatic heterocycles. The monoisotopic (exact) mass is 338 g/mol. The average molecular weight is 338 g/mol. The number of hydrogen-bond acceptors (Lipinski definition) is 4. The molecular weight excluding hydrogens is 304 g/mol. The Kier molecular flexibility index (Phi) is 4.84. The van der Waals surface area contributed by atoms with Crippen molar-refractivity contribution in [3.05, 3.63) is 0 Å². The van der Waals surface area contributed by atoms with E-state index < -0.39 is 0 Å². The first-order valence-electron chi connectivity index (χ1n) is 9.08. The summed E-state index contributed by atoms with van der Waals surface area (Å²) in [6, 6.07) is 0. The van der Waals surface area contributed by atoms with E-state index in [1.54, 1.807) is 0 Å². The third-order valence-corrected chi connectivity index (χ3v) is 6.38. The number of carbonyl (C=O) groups excluding carboxylic acids is 2. The van der Waals surface area contributed by atoms with Crippen LogP contribution in [0.2, 0.25) is 0 Å². The van der Waals surface area contributed by atoms with Crippen LogP contribution in [0.4, 0.5) is 0 Å². The van der Waals surface area contributed by atoms with Gasteiger partial charge in [-0.2, -0.15) is 0 Å². The average Bonchev–Trinajstić information content (AvgIpc) is 2.44. The molecule has 0 N–H and O–H groups in total. The molecule has 0 bridgehead atoms. The smallest absolute Gasteiger partial charge is 0.309 e. The van der Waals surface area contributed by atoms with Gasteiger partial charge in [0.25, 0.3) is 6.47 Å². The molecule has 4 nitrogen and oxygen atoms in total. The number of rotatable bonds is 3. The summed E-state index contributed by atoms with van der Waals surface area (Å²) in [4.78, 5) is 21.1. The van der Waals surface area contributed by atoms with E-state index in [4.69, 9.17) is 9.47 Å². The molecule has 0 aromatic carbocycles. The predicted octanol–water partition coefficient (Wildman–Crippen LogP) is 4.21. The van der Waals surface area contributed by atoms with E-state index in [1.165, 1.54) is 6.42 Å². The van der Waals surface area contributed by atoms with Crippen LogP contribution >= 0.6 is 0 Å². The maximum absolute atomic E-state index is 11.1. The van der Waals surface area contributed by atoms with Crippen molar-refractivity contribution in [2.75, 3.05) is 0 Å². The Hall–Kier alpha value is -1.06. The fourth-order valence-corrected chi connectivity index (χ4v) is 4.31. The minimum atomic E-state index is -0.143. The van der Waals surface area contributed by atoms with Crippen molar-refractivity contribution in [2.45, 2.75) is 80.4 Å². The van der Waals surface area contributed by atoms with Crippen molar-refractivity contribution in [1.82, 2.24) is 0 Å². The summed E-state index contributed by atoms with van der Waals surface area (Å²) in [6.07, 6.45) is 1.86. The van der Waals surface area contributed by atoms with Crippen molar-refractivity contribution in [1.29, 1.82) is 0 Å². The zero-order valence-corrected chi connectivity index (χ0v) is 16.5. The van der Waals surface area contributed by atoms with Crippen LogP contribution in [0, 0.1) is 34.0 Å². The predicted molar refractivity (Wildman–Crippen MR) is 93.2 cm³/mol. The summed E-state index contributed by atoms with van der Waals surface area (Å²) in [7, 11) is 0. The van der Waals surface area contributed by atoms with Gasteiger partial charge in [0.2, 0.25) is 0 Å². The molecule has 1 heterocycles. The normalized spacial score (nSPS) is 34.0. The Morgan fingerprint density at radius 3 is 2.12 bits per heavy atom. The van der Waals surface area contributed by atoms with Crippen molar-refractivity contribution in [3.63, 3.8) is 0 Å². The maximum Gasteiger partial charge on any atom is 0.309 e. The first kappa shape index (κ1) is 19.3. The molecule has 3 rings (SSSR count). The van der Waals surface area contributed by atoms with Gasteiger partial charge in [-0.15, -0.1) is 0 Å². The highest BCUT2D eigenvalue weighted by Crippen LogP contribution is 2.61. The van der Waals surface area contributed by atoms with Gasteiger partial charge in [0.15, 0.2) is 0 Å². The molecule has 3 fully saturated rings. The zero-order chi connectivity index (χ0) is 18.5. The summed E-state index contributed by atoms with van der Waals surface area (Å²) in [5, 5.41) is 0. The summed E-state index contributed by atoms with van der Waals surface area (Å²) >= 11 is 0. The number of hydrogen-bond donors (Lipinski definition) is 0. The molecule has 138 valence electrons. The van der Waals surface area contributed by atoms with E-state index in [0.717, 1.165) is 6.42 Å².